The second-order valence-electron chi connectivity index (χ2n) is 6.10. The average molecular weight is 401 g/mol. The number of aromatic nitrogens is 5. The number of aryl methyl sites for hydroxylation is 1. The lowest BCUT2D eigenvalue weighted by atomic mass is 10.2. The molecule has 7 nitrogen and oxygen atoms in total. The van der Waals surface area contributed by atoms with Crippen molar-refractivity contribution >= 4 is 0 Å². The van der Waals surface area contributed by atoms with Gasteiger partial charge < -0.3 is 9.26 Å². The minimum atomic E-state index is -4.39. The maximum atomic E-state index is 12.7. The van der Waals surface area contributed by atoms with Crippen LogP contribution in [0.5, 0.6) is 5.75 Å². The Balaban J connectivity index is 1.53. The van der Waals surface area contributed by atoms with Crippen molar-refractivity contribution in [1.82, 2.24) is 24.9 Å². The SMILES string of the molecule is Cn1ncc(-c2nc(-c3cccnc3)no2)c1COc1ccc(C(F)(F)F)cc1. The number of alkyl halides is 3. The van der Waals surface area contributed by atoms with Gasteiger partial charge in [0.15, 0.2) is 0 Å². The third-order valence-electron chi connectivity index (χ3n) is 4.19. The van der Waals surface area contributed by atoms with E-state index >= 15 is 0 Å². The molecular weight excluding hydrogens is 387 g/mol. The molecule has 4 rings (SSSR count). The van der Waals surface area contributed by atoms with Crippen LogP contribution in [0, 0.1) is 0 Å². The van der Waals surface area contributed by atoms with Crippen molar-refractivity contribution in [3.05, 3.63) is 66.2 Å². The summed E-state index contributed by atoms with van der Waals surface area (Å²) in [7, 11) is 1.72. The molecule has 29 heavy (non-hydrogen) atoms. The Labute approximate surface area is 162 Å². The third-order valence-corrected chi connectivity index (χ3v) is 4.19. The lowest BCUT2D eigenvalue weighted by Gasteiger charge is -2.10. The van der Waals surface area contributed by atoms with Crippen LogP contribution in [0.2, 0.25) is 0 Å². The van der Waals surface area contributed by atoms with Crippen LogP contribution in [0.25, 0.3) is 22.8 Å². The highest BCUT2D eigenvalue weighted by molar-refractivity contribution is 5.60. The Hall–Kier alpha value is -3.69. The van der Waals surface area contributed by atoms with E-state index in [9.17, 15) is 13.2 Å². The highest BCUT2D eigenvalue weighted by Gasteiger charge is 2.30. The predicted molar refractivity (Wildman–Crippen MR) is 95.5 cm³/mol. The summed E-state index contributed by atoms with van der Waals surface area (Å²) in [6, 6.07) is 8.05. The van der Waals surface area contributed by atoms with E-state index in [0.717, 1.165) is 12.1 Å². The van der Waals surface area contributed by atoms with Crippen LogP contribution in [0.4, 0.5) is 13.2 Å². The van der Waals surface area contributed by atoms with Gasteiger partial charge in [-0.1, -0.05) is 5.16 Å². The molecular formula is C19H14F3N5O2. The van der Waals surface area contributed by atoms with Crippen molar-refractivity contribution < 1.29 is 22.4 Å². The average Bonchev–Trinajstić information content (AvgIpc) is 3.33. The first-order chi connectivity index (χ1) is 13.9. The molecule has 0 N–H and O–H groups in total. The van der Waals surface area contributed by atoms with Crippen molar-refractivity contribution in [3.8, 4) is 28.6 Å². The second-order valence-corrected chi connectivity index (χ2v) is 6.10. The maximum Gasteiger partial charge on any atom is 0.416 e. The smallest absolute Gasteiger partial charge is 0.416 e. The van der Waals surface area contributed by atoms with Crippen molar-refractivity contribution in [3.63, 3.8) is 0 Å². The summed E-state index contributed by atoms with van der Waals surface area (Å²) in [5.74, 6) is 0.932. The van der Waals surface area contributed by atoms with Gasteiger partial charge in [-0.15, -0.1) is 0 Å². The van der Waals surface area contributed by atoms with E-state index in [-0.39, 0.29) is 12.5 Å². The summed E-state index contributed by atoms with van der Waals surface area (Å²) < 4.78 is 50.5. The lowest BCUT2D eigenvalue weighted by Crippen LogP contribution is -2.06. The van der Waals surface area contributed by atoms with Crippen molar-refractivity contribution in [2.75, 3.05) is 0 Å². The van der Waals surface area contributed by atoms with E-state index in [0.29, 0.717) is 28.4 Å². The van der Waals surface area contributed by atoms with Crippen LogP contribution < -0.4 is 4.74 Å². The first-order valence-corrected chi connectivity index (χ1v) is 8.47. The molecule has 0 saturated carbocycles. The molecule has 0 spiro atoms. The van der Waals surface area contributed by atoms with Crippen LogP contribution >= 0.6 is 0 Å². The molecule has 0 aliphatic carbocycles. The van der Waals surface area contributed by atoms with Crippen molar-refractivity contribution in [2.45, 2.75) is 12.8 Å². The first kappa shape index (κ1) is 18.7. The fourth-order valence-electron chi connectivity index (χ4n) is 2.65. The van der Waals surface area contributed by atoms with Gasteiger partial charge in [0, 0.05) is 25.0 Å². The molecule has 1 aromatic carbocycles. The van der Waals surface area contributed by atoms with Gasteiger partial charge in [0.05, 0.1) is 23.0 Å². The van der Waals surface area contributed by atoms with E-state index < -0.39 is 11.7 Å². The molecule has 4 aromatic rings. The van der Waals surface area contributed by atoms with E-state index in [2.05, 4.69) is 20.2 Å². The quantitative estimate of drug-likeness (QED) is 0.500. The van der Waals surface area contributed by atoms with Crippen molar-refractivity contribution in [2.24, 2.45) is 7.05 Å². The van der Waals surface area contributed by atoms with Gasteiger partial charge in [0.25, 0.3) is 5.89 Å². The third kappa shape index (κ3) is 3.96. The molecule has 0 radical (unpaired) electrons. The monoisotopic (exact) mass is 401 g/mol. The van der Waals surface area contributed by atoms with Gasteiger partial charge in [-0.2, -0.15) is 23.3 Å². The molecule has 0 fully saturated rings. The number of pyridine rings is 1. The summed E-state index contributed by atoms with van der Waals surface area (Å²) in [6.45, 7) is 0.0573. The highest BCUT2D eigenvalue weighted by Crippen LogP contribution is 2.31. The van der Waals surface area contributed by atoms with Gasteiger partial charge in [0.1, 0.15) is 12.4 Å². The number of halogens is 3. The molecule has 0 aliphatic rings. The molecule has 0 amide bonds. The van der Waals surface area contributed by atoms with Crippen LogP contribution in [-0.4, -0.2) is 24.9 Å². The molecule has 3 aromatic heterocycles. The molecule has 3 heterocycles. The Morgan fingerprint density at radius 2 is 1.90 bits per heavy atom. The zero-order chi connectivity index (χ0) is 20.4. The second kappa shape index (κ2) is 7.38. The highest BCUT2D eigenvalue weighted by atomic mass is 19.4. The largest absolute Gasteiger partial charge is 0.487 e. The van der Waals surface area contributed by atoms with Crippen LogP contribution in [0.15, 0.2) is 59.5 Å². The van der Waals surface area contributed by atoms with E-state index in [1.165, 1.54) is 12.1 Å². The zero-order valence-electron chi connectivity index (χ0n) is 15.1. The number of benzene rings is 1. The maximum absolute atomic E-state index is 12.7. The van der Waals surface area contributed by atoms with Gasteiger partial charge in [0.2, 0.25) is 5.82 Å². The lowest BCUT2D eigenvalue weighted by molar-refractivity contribution is -0.137. The van der Waals surface area contributed by atoms with E-state index in [4.69, 9.17) is 9.26 Å². The molecule has 0 bridgehead atoms. The number of rotatable bonds is 5. The minimum Gasteiger partial charge on any atom is -0.487 e. The molecule has 10 heteroatoms. The molecule has 148 valence electrons. The summed E-state index contributed by atoms with van der Waals surface area (Å²) in [6.07, 6.45) is 0.429. The van der Waals surface area contributed by atoms with Crippen LogP contribution in [0.3, 0.4) is 0 Å². The van der Waals surface area contributed by atoms with Gasteiger partial charge in [-0.25, -0.2) is 0 Å². The normalized spacial score (nSPS) is 11.6. The Kier molecular flexibility index (Phi) is 4.75. The Bertz CT molecular complexity index is 1110. The molecule has 0 aliphatic heterocycles. The Morgan fingerprint density at radius 3 is 2.59 bits per heavy atom. The zero-order valence-corrected chi connectivity index (χ0v) is 15.1. The van der Waals surface area contributed by atoms with Gasteiger partial charge in [-0.05, 0) is 36.4 Å². The number of hydrogen-bond acceptors (Lipinski definition) is 6. The number of hydrogen-bond donors (Lipinski definition) is 0. The van der Waals surface area contributed by atoms with Gasteiger partial charge in [-0.3, -0.25) is 9.67 Å². The number of ether oxygens (including phenoxy) is 1. The standard InChI is InChI=1S/C19H14F3N5O2/c1-27-16(11-28-14-6-4-13(5-7-14)19(20,21)22)15(10-24-27)18-25-17(26-29-18)12-3-2-8-23-9-12/h2-10H,11H2,1H3. The number of nitrogens with zero attached hydrogens (tertiary/aromatic N) is 5. The van der Waals surface area contributed by atoms with E-state index in [1.807, 2.05) is 0 Å². The molecule has 0 saturated heterocycles. The van der Waals surface area contributed by atoms with E-state index in [1.54, 1.807) is 42.5 Å². The summed E-state index contributed by atoms with van der Waals surface area (Å²) in [5.41, 5.74) is 1.17. The molecule has 0 unspecified atom stereocenters. The van der Waals surface area contributed by atoms with Crippen molar-refractivity contribution in [1.29, 1.82) is 0 Å². The minimum absolute atomic E-state index is 0.0573. The predicted octanol–water partition coefficient (Wildman–Crippen LogP) is 4.13. The summed E-state index contributed by atoms with van der Waals surface area (Å²) in [5, 5.41) is 8.14. The first-order valence-electron chi connectivity index (χ1n) is 8.47. The van der Waals surface area contributed by atoms with Crippen LogP contribution in [-0.2, 0) is 19.8 Å². The Morgan fingerprint density at radius 1 is 1.10 bits per heavy atom. The fourth-order valence-corrected chi connectivity index (χ4v) is 2.65. The summed E-state index contributed by atoms with van der Waals surface area (Å²) in [4.78, 5) is 8.39. The fraction of sp³-hybridized carbons (Fsp3) is 0.158. The van der Waals surface area contributed by atoms with Crippen LogP contribution in [0.1, 0.15) is 11.3 Å². The van der Waals surface area contributed by atoms with Gasteiger partial charge >= 0.3 is 6.18 Å². The topological polar surface area (TPSA) is 78.9 Å². The summed E-state index contributed by atoms with van der Waals surface area (Å²) >= 11 is 0. The molecule has 0 atom stereocenters.